The van der Waals surface area contributed by atoms with Gasteiger partial charge in [-0.1, -0.05) is 50.0 Å². The molecule has 0 radical (unpaired) electrons. The van der Waals surface area contributed by atoms with Crippen LogP contribution in [0.15, 0.2) is 53.7 Å². The molecule has 3 rings (SSSR count). The molecule has 25 heavy (non-hydrogen) atoms. The Hall–Kier alpha value is -2.44. The molecule has 1 heterocycles. The maximum Gasteiger partial charge on any atom is 0.270 e. The van der Waals surface area contributed by atoms with Crippen LogP contribution in [0.25, 0.3) is 6.08 Å². The van der Waals surface area contributed by atoms with Gasteiger partial charge < -0.3 is 9.47 Å². The molecular formula is C19H21NO4Si. The molecule has 2 aromatic rings. The molecule has 0 aromatic heterocycles. The molecule has 0 bridgehead atoms. The lowest BCUT2D eigenvalue weighted by molar-refractivity contribution is -0.384. The molecule has 1 aliphatic rings. The molecule has 130 valence electrons. The molecule has 0 spiro atoms. The second-order valence-electron chi connectivity index (χ2n) is 7.08. The van der Waals surface area contributed by atoms with E-state index in [9.17, 15) is 10.1 Å². The lowest BCUT2D eigenvalue weighted by Crippen LogP contribution is -2.47. The molecule has 0 aliphatic carbocycles. The Kier molecular flexibility index (Phi) is 4.26. The normalized spacial score (nSPS) is 19.6. The number of nitrogens with zero attached hydrogens (tertiary/aromatic N) is 1. The van der Waals surface area contributed by atoms with Crippen molar-refractivity contribution in [3.8, 4) is 5.75 Å². The number of methoxy groups -OCH3 is 1. The summed E-state index contributed by atoms with van der Waals surface area (Å²) >= 11 is 0. The zero-order valence-corrected chi connectivity index (χ0v) is 15.8. The maximum absolute atomic E-state index is 11.1. The van der Waals surface area contributed by atoms with Crippen molar-refractivity contribution in [2.45, 2.75) is 25.4 Å². The van der Waals surface area contributed by atoms with Crippen LogP contribution in [0.4, 0.5) is 5.69 Å². The minimum atomic E-state index is -1.87. The number of non-ortho nitro benzene ring substituents is 1. The van der Waals surface area contributed by atoms with E-state index in [-0.39, 0.29) is 5.69 Å². The second kappa shape index (κ2) is 6.13. The summed E-state index contributed by atoms with van der Waals surface area (Å²) in [5, 5.41) is 12.1. The molecule has 0 fully saturated rings. The van der Waals surface area contributed by atoms with Crippen LogP contribution >= 0.6 is 0 Å². The summed E-state index contributed by atoms with van der Waals surface area (Å²) in [6.07, 6.45) is 2.01. The lowest BCUT2D eigenvalue weighted by Gasteiger charge is -2.43. The van der Waals surface area contributed by atoms with Crippen LogP contribution in [-0.4, -0.2) is 20.1 Å². The fourth-order valence-corrected chi connectivity index (χ4v) is 5.04. The fourth-order valence-electron chi connectivity index (χ4n) is 3.17. The standard InChI is InChI=1S/C19H21NO4Si/c1-23-19(15-8-6-5-7-9-15)18(25(2,3)4)13-14-12-16(20(21)22)10-11-17(14)24-19/h5-13H,1-4H3. The van der Waals surface area contributed by atoms with E-state index in [2.05, 4.69) is 19.6 Å². The number of fused-ring (bicyclic) bond motifs is 1. The summed E-state index contributed by atoms with van der Waals surface area (Å²) in [6.45, 7) is 6.63. The summed E-state index contributed by atoms with van der Waals surface area (Å²) in [7, 11) is -0.231. The monoisotopic (exact) mass is 355 g/mol. The molecule has 1 atom stereocenters. The average Bonchev–Trinajstić information content (AvgIpc) is 2.59. The van der Waals surface area contributed by atoms with Gasteiger partial charge in [0, 0.05) is 30.4 Å². The predicted molar refractivity (Wildman–Crippen MR) is 100 cm³/mol. The van der Waals surface area contributed by atoms with Crippen LogP contribution in [0.2, 0.25) is 19.6 Å². The van der Waals surface area contributed by atoms with Crippen LogP contribution in [0.3, 0.4) is 0 Å². The lowest BCUT2D eigenvalue weighted by atomic mass is 9.99. The van der Waals surface area contributed by atoms with E-state index in [0.717, 1.165) is 16.3 Å². The Morgan fingerprint density at radius 1 is 1.12 bits per heavy atom. The number of nitro groups is 1. The van der Waals surface area contributed by atoms with Gasteiger partial charge in [0.15, 0.2) is 0 Å². The largest absolute Gasteiger partial charge is 0.454 e. The summed E-state index contributed by atoms with van der Waals surface area (Å²) in [5.41, 5.74) is 1.68. The van der Waals surface area contributed by atoms with E-state index in [4.69, 9.17) is 9.47 Å². The van der Waals surface area contributed by atoms with Crippen molar-refractivity contribution in [2.24, 2.45) is 0 Å². The highest BCUT2D eigenvalue weighted by Crippen LogP contribution is 2.46. The summed E-state index contributed by atoms with van der Waals surface area (Å²) < 4.78 is 12.3. The van der Waals surface area contributed by atoms with E-state index >= 15 is 0 Å². The first-order valence-electron chi connectivity index (χ1n) is 8.09. The van der Waals surface area contributed by atoms with E-state index in [1.54, 1.807) is 19.2 Å². The fraction of sp³-hybridized carbons (Fsp3) is 0.263. The summed E-state index contributed by atoms with van der Waals surface area (Å²) in [5.74, 6) is -0.423. The van der Waals surface area contributed by atoms with Gasteiger partial charge in [-0.3, -0.25) is 10.1 Å². The van der Waals surface area contributed by atoms with Crippen LogP contribution < -0.4 is 4.74 Å². The van der Waals surface area contributed by atoms with Crippen LogP contribution in [0.5, 0.6) is 5.75 Å². The Bertz CT molecular complexity index is 842. The number of hydrogen-bond donors (Lipinski definition) is 0. The Labute approximate surface area is 148 Å². The molecule has 6 heteroatoms. The zero-order chi connectivity index (χ0) is 18.2. The Morgan fingerprint density at radius 2 is 1.80 bits per heavy atom. The molecule has 0 saturated heterocycles. The maximum atomic E-state index is 11.1. The van der Waals surface area contributed by atoms with Gasteiger partial charge in [-0.05, 0) is 17.3 Å². The van der Waals surface area contributed by atoms with E-state index in [1.807, 2.05) is 36.4 Å². The number of benzene rings is 2. The highest BCUT2D eigenvalue weighted by molar-refractivity contribution is 6.84. The van der Waals surface area contributed by atoms with Gasteiger partial charge >= 0.3 is 0 Å². The highest BCUT2D eigenvalue weighted by Gasteiger charge is 2.47. The number of ether oxygens (including phenoxy) is 2. The molecule has 1 aliphatic heterocycles. The quantitative estimate of drug-likeness (QED) is 0.451. The van der Waals surface area contributed by atoms with E-state index in [0.29, 0.717) is 5.75 Å². The van der Waals surface area contributed by atoms with Gasteiger partial charge in [-0.15, -0.1) is 0 Å². The molecule has 2 aromatic carbocycles. The predicted octanol–water partition coefficient (Wildman–Crippen LogP) is 4.75. The minimum absolute atomic E-state index is 0.0538. The van der Waals surface area contributed by atoms with E-state index < -0.39 is 18.8 Å². The number of rotatable bonds is 4. The topological polar surface area (TPSA) is 61.6 Å². The third-order valence-corrected chi connectivity index (χ3v) is 6.45. The van der Waals surface area contributed by atoms with Crippen LogP contribution in [0.1, 0.15) is 11.1 Å². The van der Waals surface area contributed by atoms with Crippen molar-refractivity contribution >= 4 is 19.8 Å². The first-order valence-corrected chi connectivity index (χ1v) is 11.6. The van der Waals surface area contributed by atoms with Gasteiger partial charge in [0.1, 0.15) is 5.75 Å². The van der Waals surface area contributed by atoms with Crippen LogP contribution in [-0.2, 0) is 10.5 Å². The summed E-state index contributed by atoms with van der Waals surface area (Å²) in [6, 6.07) is 14.5. The van der Waals surface area contributed by atoms with Gasteiger partial charge in [0.2, 0.25) is 0 Å². The molecule has 1 unspecified atom stereocenters. The van der Waals surface area contributed by atoms with E-state index in [1.165, 1.54) is 6.07 Å². The third-order valence-electron chi connectivity index (χ3n) is 4.36. The summed E-state index contributed by atoms with van der Waals surface area (Å²) in [4.78, 5) is 10.7. The first kappa shape index (κ1) is 17.4. The average molecular weight is 355 g/mol. The molecule has 0 N–H and O–H groups in total. The third kappa shape index (κ3) is 2.98. The number of nitro benzene ring substituents is 1. The van der Waals surface area contributed by atoms with Crippen molar-refractivity contribution in [2.75, 3.05) is 7.11 Å². The van der Waals surface area contributed by atoms with Gasteiger partial charge in [-0.25, -0.2) is 0 Å². The second-order valence-corrected chi connectivity index (χ2v) is 12.1. The highest BCUT2D eigenvalue weighted by atomic mass is 28.3. The zero-order valence-electron chi connectivity index (χ0n) is 14.8. The molecule has 0 amide bonds. The Balaban J connectivity index is 2.25. The van der Waals surface area contributed by atoms with Gasteiger partial charge in [0.05, 0.1) is 13.0 Å². The number of hydrogen-bond acceptors (Lipinski definition) is 4. The van der Waals surface area contributed by atoms with Crippen LogP contribution in [0, 0.1) is 10.1 Å². The van der Waals surface area contributed by atoms with Crippen molar-refractivity contribution in [3.63, 3.8) is 0 Å². The van der Waals surface area contributed by atoms with Gasteiger partial charge in [0.25, 0.3) is 11.5 Å². The molecule has 0 saturated carbocycles. The SMILES string of the molecule is COC1(c2ccccc2)Oc2ccc([N+](=O)[O-])cc2C=C1[Si](C)(C)C. The van der Waals surface area contributed by atoms with Gasteiger partial charge in [-0.2, -0.15) is 0 Å². The molecular weight excluding hydrogens is 334 g/mol. The molecule has 5 nitrogen and oxygen atoms in total. The van der Waals surface area contributed by atoms with Crippen molar-refractivity contribution in [1.82, 2.24) is 0 Å². The first-order chi connectivity index (χ1) is 11.8. The van der Waals surface area contributed by atoms with Crippen molar-refractivity contribution < 1.29 is 14.4 Å². The van der Waals surface area contributed by atoms with Crippen molar-refractivity contribution in [1.29, 1.82) is 0 Å². The Morgan fingerprint density at radius 3 is 2.36 bits per heavy atom. The minimum Gasteiger partial charge on any atom is -0.454 e. The van der Waals surface area contributed by atoms with Crippen molar-refractivity contribution in [3.05, 3.63) is 75.0 Å². The smallest absolute Gasteiger partial charge is 0.270 e.